The van der Waals surface area contributed by atoms with Crippen molar-refractivity contribution in [3.05, 3.63) is 35.9 Å². The molecular weight excluding hydrogens is 268 g/mol. The standard InChI is InChI=1S/C17H24O4/c1-13-6-5-9-17(21-13)16(18)15(12-20-17)11-19-10-14-7-3-2-4-8-14/h2-4,7-8,13,15-16,18H,5-6,9-12H2,1H3/t13-,15-,16-,17-/m0/s1. The van der Waals surface area contributed by atoms with E-state index in [1.54, 1.807) is 0 Å². The Morgan fingerprint density at radius 3 is 2.90 bits per heavy atom. The van der Waals surface area contributed by atoms with Crippen molar-refractivity contribution in [1.29, 1.82) is 0 Å². The predicted octanol–water partition coefficient (Wildman–Crippen LogP) is 2.50. The molecule has 3 rings (SSSR count). The molecule has 0 saturated carbocycles. The summed E-state index contributed by atoms with van der Waals surface area (Å²) in [5.41, 5.74) is 1.14. The van der Waals surface area contributed by atoms with Crippen LogP contribution in [0.15, 0.2) is 30.3 Å². The van der Waals surface area contributed by atoms with E-state index in [-0.39, 0.29) is 12.0 Å². The second-order valence-electron chi connectivity index (χ2n) is 6.15. The molecule has 1 N–H and O–H groups in total. The molecule has 2 fully saturated rings. The molecule has 2 aliphatic heterocycles. The lowest BCUT2D eigenvalue weighted by molar-refractivity contribution is -0.285. The molecule has 21 heavy (non-hydrogen) atoms. The zero-order chi connectivity index (χ0) is 14.7. The molecule has 0 aromatic heterocycles. The van der Waals surface area contributed by atoms with Gasteiger partial charge in [0.05, 0.1) is 25.9 Å². The van der Waals surface area contributed by atoms with Crippen LogP contribution in [0, 0.1) is 5.92 Å². The highest BCUT2D eigenvalue weighted by molar-refractivity contribution is 5.13. The Morgan fingerprint density at radius 2 is 2.14 bits per heavy atom. The van der Waals surface area contributed by atoms with Crippen LogP contribution < -0.4 is 0 Å². The lowest BCUT2D eigenvalue weighted by atomic mass is 9.93. The largest absolute Gasteiger partial charge is 0.387 e. The summed E-state index contributed by atoms with van der Waals surface area (Å²) >= 11 is 0. The molecule has 0 amide bonds. The summed E-state index contributed by atoms with van der Waals surface area (Å²) in [6, 6.07) is 10.1. The summed E-state index contributed by atoms with van der Waals surface area (Å²) < 4.78 is 17.5. The second-order valence-corrected chi connectivity index (χ2v) is 6.15. The summed E-state index contributed by atoms with van der Waals surface area (Å²) in [5, 5.41) is 10.5. The second kappa shape index (κ2) is 6.44. The quantitative estimate of drug-likeness (QED) is 0.926. The van der Waals surface area contributed by atoms with Gasteiger partial charge in [-0.2, -0.15) is 0 Å². The van der Waals surface area contributed by atoms with Crippen molar-refractivity contribution in [3.63, 3.8) is 0 Å². The van der Waals surface area contributed by atoms with Crippen LogP contribution in [0.2, 0.25) is 0 Å². The summed E-state index contributed by atoms with van der Waals surface area (Å²) in [5.74, 6) is -0.808. The molecule has 0 bridgehead atoms. The maximum Gasteiger partial charge on any atom is 0.195 e. The van der Waals surface area contributed by atoms with Crippen molar-refractivity contribution in [1.82, 2.24) is 0 Å². The average molecular weight is 292 g/mol. The molecule has 1 spiro atoms. The predicted molar refractivity (Wildman–Crippen MR) is 78.7 cm³/mol. The molecular formula is C17H24O4. The topological polar surface area (TPSA) is 47.9 Å². The van der Waals surface area contributed by atoms with Gasteiger partial charge in [0.25, 0.3) is 0 Å². The number of ether oxygens (including phenoxy) is 3. The molecule has 2 aliphatic rings. The molecule has 1 aromatic carbocycles. The van der Waals surface area contributed by atoms with Crippen molar-refractivity contribution in [2.45, 2.75) is 50.8 Å². The van der Waals surface area contributed by atoms with Gasteiger partial charge >= 0.3 is 0 Å². The maximum atomic E-state index is 10.5. The van der Waals surface area contributed by atoms with E-state index in [0.717, 1.165) is 24.8 Å². The Kier molecular flexibility index (Phi) is 4.60. The van der Waals surface area contributed by atoms with Gasteiger partial charge in [0.1, 0.15) is 6.10 Å². The van der Waals surface area contributed by atoms with Crippen molar-refractivity contribution in [3.8, 4) is 0 Å². The number of aliphatic hydroxyl groups excluding tert-OH is 1. The van der Waals surface area contributed by atoms with E-state index in [2.05, 4.69) is 0 Å². The van der Waals surface area contributed by atoms with E-state index in [1.165, 1.54) is 0 Å². The molecule has 4 heteroatoms. The fourth-order valence-corrected chi connectivity index (χ4v) is 3.24. The van der Waals surface area contributed by atoms with Crippen LogP contribution in [-0.2, 0) is 20.8 Å². The molecule has 4 atom stereocenters. The van der Waals surface area contributed by atoms with Gasteiger partial charge in [-0.05, 0) is 25.3 Å². The van der Waals surface area contributed by atoms with E-state index >= 15 is 0 Å². The van der Waals surface area contributed by atoms with Crippen LogP contribution in [-0.4, -0.2) is 36.3 Å². The number of hydrogen-bond donors (Lipinski definition) is 1. The highest BCUT2D eigenvalue weighted by atomic mass is 16.7. The summed E-state index contributed by atoms with van der Waals surface area (Å²) in [7, 11) is 0. The number of benzene rings is 1. The van der Waals surface area contributed by atoms with Crippen molar-refractivity contribution < 1.29 is 19.3 Å². The molecule has 1 aromatic rings. The zero-order valence-corrected chi connectivity index (χ0v) is 12.5. The monoisotopic (exact) mass is 292 g/mol. The van der Waals surface area contributed by atoms with Crippen LogP contribution in [0.25, 0.3) is 0 Å². The van der Waals surface area contributed by atoms with Crippen molar-refractivity contribution in [2.24, 2.45) is 5.92 Å². The SMILES string of the molecule is C[C@H]1CCC[C@]2(OC[C@H](COCc3ccccc3)[C@@H]2O)O1. The van der Waals surface area contributed by atoms with Gasteiger partial charge in [-0.15, -0.1) is 0 Å². The van der Waals surface area contributed by atoms with E-state index in [0.29, 0.717) is 19.8 Å². The maximum absolute atomic E-state index is 10.5. The van der Waals surface area contributed by atoms with Gasteiger partial charge in [-0.3, -0.25) is 0 Å². The number of aliphatic hydroxyl groups is 1. The first kappa shape index (κ1) is 15.0. The van der Waals surface area contributed by atoms with Crippen LogP contribution in [0.1, 0.15) is 31.7 Å². The van der Waals surface area contributed by atoms with Crippen LogP contribution >= 0.6 is 0 Å². The van der Waals surface area contributed by atoms with Gasteiger partial charge < -0.3 is 19.3 Å². The molecule has 0 aliphatic carbocycles. The minimum absolute atomic E-state index is 0.0148. The highest BCUT2D eigenvalue weighted by Gasteiger charge is 2.52. The number of hydrogen-bond acceptors (Lipinski definition) is 4. The molecule has 0 unspecified atom stereocenters. The molecule has 116 valence electrons. The summed E-state index contributed by atoms with van der Waals surface area (Å²) in [4.78, 5) is 0. The van der Waals surface area contributed by atoms with Crippen LogP contribution in [0.5, 0.6) is 0 Å². The van der Waals surface area contributed by atoms with Crippen LogP contribution in [0.3, 0.4) is 0 Å². The molecule has 2 saturated heterocycles. The zero-order valence-electron chi connectivity index (χ0n) is 12.5. The summed E-state index contributed by atoms with van der Waals surface area (Å²) in [6.45, 7) is 3.60. The Labute approximate surface area is 126 Å². The van der Waals surface area contributed by atoms with E-state index in [4.69, 9.17) is 14.2 Å². The van der Waals surface area contributed by atoms with Crippen molar-refractivity contribution >= 4 is 0 Å². The van der Waals surface area contributed by atoms with E-state index in [1.807, 2.05) is 37.3 Å². The first-order valence-electron chi connectivity index (χ1n) is 7.81. The van der Waals surface area contributed by atoms with Crippen LogP contribution in [0.4, 0.5) is 0 Å². The minimum Gasteiger partial charge on any atom is -0.387 e. The third-order valence-corrected chi connectivity index (χ3v) is 4.42. The first-order valence-corrected chi connectivity index (χ1v) is 7.81. The minimum atomic E-state index is -0.793. The van der Waals surface area contributed by atoms with Gasteiger partial charge in [0, 0.05) is 12.3 Å². The van der Waals surface area contributed by atoms with Gasteiger partial charge in [0.15, 0.2) is 5.79 Å². The fraction of sp³-hybridized carbons (Fsp3) is 0.647. The molecule has 4 nitrogen and oxygen atoms in total. The van der Waals surface area contributed by atoms with E-state index in [9.17, 15) is 5.11 Å². The first-order chi connectivity index (χ1) is 10.2. The third kappa shape index (κ3) is 3.29. The molecule has 0 radical (unpaired) electrons. The van der Waals surface area contributed by atoms with Crippen molar-refractivity contribution in [2.75, 3.05) is 13.2 Å². The summed E-state index contributed by atoms with van der Waals surface area (Å²) in [6.07, 6.45) is 2.39. The lowest BCUT2D eigenvalue weighted by Crippen LogP contribution is -2.49. The highest BCUT2D eigenvalue weighted by Crippen LogP contribution is 2.40. The van der Waals surface area contributed by atoms with Gasteiger partial charge in [-0.1, -0.05) is 30.3 Å². The van der Waals surface area contributed by atoms with Gasteiger partial charge in [-0.25, -0.2) is 0 Å². The normalized spacial score (nSPS) is 36.2. The Balaban J connectivity index is 1.51. The van der Waals surface area contributed by atoms with Gasteiger partial charge in [0.2, 0.25) is 0 Å². The fourth-order valence-electron chi connectivity index (χ4n) is 3.24. The third-order valence-electron chi connectivity index (χ3n) is 4.42. The van der Waals surface area contributed by atoms with E-state index < -0.39 is 11.9 Å². The Hall–Kier alpha value is -0.940. The Morgan fingerprint density at radius 1 is 1.33 bits per heavy atom. The lowest BCUT2D eigenvalue weighted by Gasteiger charge is -2.39. The smallest absolute Gasteiger partial charge is 0.195 e. The Bertz CT molecular complexity index is 449. The average Bonchev–Trinajstić information content (AvgIpc) is 2.78. The number of rotatable bonds is 4. The molecule has 2 heterocycles.